The van der Waals surface area contributed by atoms with Gasteiger partial charge in [-0.1, -0.05) is 26.0 Å². The second-order valence-corrected chi connectivity index (χ2v) is 4.28. The Labute approximate surface area is 96.1 Å². The highest BCUT2D eigenvalue weighted by Gasteiger charge is 2.13. The summed E-state index contributed by atoms with van der Waals surface area (Å²) in [6, 6.07) is 5.45. The Kier molecular flexibility index (Phi) is 4.23. The quantitative estimate of drug-likeness (QED) is 0.713. The minimum atomic E-state index is 0.365. The first kappa shape index (κ1) is 12.4. The molecule has 0 aliphatic heterocycles. The number of benzene rings is 1. The van der Waals surface area contributed by atoms with Crippen LogP contribution in [0.15, 0.2) is 18.2 Å². The van der Waals surface area contributed by atoms with E-state index < -0.39 is 0 Å². The van der Waals surface area contributed by atoms with Crippen molar-refractivity contribution < 1.29 is 9.59 Å². The fraction of sp³-hybridized carbons (Fsp3) is 0.385. The van der Waals surface area contributed by atoms with E-state index in [4.69, 9.17) is 0 Å². The molecule has 0 atom stereocenters. The third-order valence-electron chi connectivity index (χ3n) is 2.37. The van der Waals surface area contributed by atoms with Crippen molar-refractivity contribution in [2.75, 3.05) is 11.4 Å². The molecule has 0 aromatic heterocycles. The van der Waals surface area contributed by atoms with Gasteiger partial charge in [-0.05, 0) is 24.5 Å². The molecule has 0 aliphatic carbocycles. The molecular weight excluding hydrogens is 202 g/mol. The number of aldehydes is 1. The van der Waals surface area contributed by atoms with Gasteiger partial charge in [0.25, 0.3) is 0 Å². The Morgan fingerprint density at radius 3 is 2.50 bits per heavy atom. The van der Waals surface area contributed by atoms with Crippen molar-refractivity contribution in [1.82, 2.24) is 0 Å². The Balaban J connectivity index is 3.17. The first-order chi connectivity index (χ1) is 7.60. The number of anilines is 1. The van der Waals surface area contributed by atoms with E-state index in [1.54, 1.807) is 11.0 Å². The normalized spacial score (nSPS) is 10.2. The molecular formula is C13H17NO2. The summed E-state index contributed by atoms with van der Waals surface area (Å²) in [4.78, 5) is 23.6. The maximum atomic E-state index is 11.1. The lowest BCUT2D eigenvalue weighted by molar-refractivity contribution is -0.107. The fourth-order valence-corrected chi connectivity index (χ4v) is 1.75. The molecule has 0 N–H and O–H groups in total. The van der Waals surface area contributed by atoms with Crippen molar-refractivity contribution in [3.8, 4) is 0 Å². The summed E-state index contributed by atoms with van der Waals surface area (Å²) in [5.41, 5.74) is 2.23. The van der Waals surface area contributed by atoms with Gasteiger partial charge in [0.2, 0.25) is 6.41 Å². The second kappa shape index (κ2) is 5.45. The number of carbonyl (C=O) groups excluding carboxylic acids is 2. The van der Waals surface area contributed by atoms with Crippen LogP contribution in [0.4, 0.5) is 5.69 Å². The highest BCUT2D eigenvalue weighted by molar-refractivity contribution is 5.91. The summed E-state index contributed by atoms with van der Waals surface area (Å²) in [6.45, 7) is 6.60. The molecule has 0 spiro atoms. The van der Waals surface area contributed by atoms with Crippen LogP contribution in [0.1, 0.15) is 29.8 Å². The number of hydrogen-bond acceptors (Lipinski definition) is 2. The van der Waals surface area contributed by atoms with E-state index in [2.05, 4.69) is 0 Å². The topological polar surface area (TPSA) is 37.4 Å². The lowest BCUT2D eigenvalue weighted by Gasteiger charge is -2.23. The minimum absolute atomic E-state index is 0.365. The first-order valence-electron chi connectivity index (χ1n) is 5.37. The summed E-state index contributed by atoms with van der Waals surface area (Å²) < 4.78 is 0. The maximum Gasteiger partial charge on any atom is 0.214 e. The molecule has 0 radical (unpaired) electrons. The van der Waals surface area contributed by atoms with Gasteiger partial charge < -0.3 is 4.90 Å². The molecule has 3 nitrogen and oxygen atoms in total. The Morgan fingerprint density at radius 1 is 1.31 bits per heavy atom. The van der Waals surface area contributed by atoms with Gasteiger partial charge in [-0.15, -0.1) is 0 Å². The van der Waals surface area contributed by atoms with Crippen molar-refractivity contribution in [3.63, 3.8) is 0 Å². The minimum Gasteiger partial charge on any atom is -0.314 e. The van der Waals surface area contributed by atoms with Crippen molar-refractivity contribution in [2.24, 2.45) is 5.92 Å². The van der Waals surface area contributed by atoms with Crippen molar-refractivity contribution in [3.05, 3.63) is 29.3 Å². The molecule has 1 aromatic rings. The molecule has 16 heavy (non-hydrogen) atoms. The molecule has 0 heterocycles. The summed E-state index contributed by atoms with van der Waals surface area (Å²) in [6.07, 6.45) is 1.58. The molecule has 0 saturated heterocycles. The number of para-hydroxylation sites is 1. The van der Waals surface area contributed by atoms with Gasteiger partial charge in [-0.25, -0.2) is 0 Å². The van der Waals surface area contributed by atoms with E-state index in [-0.39, 0.29) is 0 Å². The fourth-order valence-electron chi connectivity index (χ4n) is 1.75. The molecule has 1 amide bonds. The van der Waals surface area contributed by atoms with E-state index in [0.717, 1.165) is 23.9 Å². The SMILES string of the molecule is Cc1cccc(C=O)c1N(C=O)CC(C)C. The Bertz CT molecular complexity index is 386. The highest BCUT2D eigenvalue weighted by atomic mass is 16.1. The third kappa shape index (κ3) is 2.69. The van der Waals surface area contributed by atoms with Crippen LogP contribution in [0, 0.1) is 12.8 Å². The standard InChI is InChI=1S/C13H17NO2/c1-10(2)7-14(9-16)13-11(3)5-4-6-12(13)8-15/h4-6,8-10H,7H2,1-3H3. The molecule has 1 aromatic carbocycles. The maximum absolute atomic E-state index is 11.1. The lowest BCUT2D eigenvalue weighted by Crippen LogP contribution is -2.27. The molecule has 3 heteroatoms. The predicted molar refractivity (Wildman–Crippen MR) is 64.8 cm³/mol. The molecule has 0 saturated carbocycles. The van der Waals surface area contributed by atoms with Crippen LogP contribution in [-0.4, -0.2) is 19.2 Å². The monoisotopic (exact) mass is 219 g/mol. The van der Waals surface area contributed by atoms with E-state index in [1.807, 2.05) is 32.9 Å². The summed E-state index contributed by atoms with van der Waals surface area (Å²) >= 11 is 0. The van der Waals surface area contributed by atoms with Crippen molar-refractivity contribution >= 4 is 18.4 Å². The zero-order valence-corrected chi connectivity index (χ0v) is 9.93. The van der Waals surface area contributed by atoms with Gasteiger partial charge in [0, 0.05) is 12.1 Å². The predicted octanol–water partition coefficient (Wildman–Crippen LogP) is 2.43. The zero-order chi connectivity index (χ0) is 12.1. The molecule has 1 rings (SSSR count). The number of amides is 1. The zero-order valence-electron chi connectivity index (χ0n) is 9.93. The molecule has 0 bridgehead atoms. The van der Waals surface area contributed by atoms with Crippen LogP contribution in [0.25, 0.3) is 0 Å². The lowest BCUT2D eigenvalue weighted by atomic mass is 10.1. The number of nitrogens with zero attached hydrogens (tertiary/aromatic N) is 1. The van der Waals surface area contributed by atoms with Crippen LogP contribution in [0.5, 0.6) is 0 Å². The van der Waals surface area contributed by atoms with Gasteiger partial charge in [-0.2, -0.15) is 0 Å². The van der Waals surface area contributed by atoms with Gasteiger partial charge in [0.05, 0.1) is 5.69 Å². The van der Waals surface area contributed by atoms with Crippen LogP contribution in [0.2, 0.25) is 0 Å². The third-order valence-corrected chi connectivity index (χ3v) is 2.37. The number of aryl methyl sites for hydroxylation is 1. The van der Waals surface area contributed by atoms with E-state index in [0.29, 0.717) is 18.0 Å². The van der Waals surface area contributed by atoms with Gasteiger partial charge in [-0.3, -0.25) is 9.59 Å². The average molecular weight is 219 g/mol. The molecule has 0 aliphatic rings. The number of carbonyl (C=O) groups is 2. The van der Waals surface area contributed by atoms with Gasteiger partial charge in [0.1, 0.15) is 0 Å². The summed E-state index contributed by atoms with van der Waals surface area (Å²) in [5, 5.41) is 0. The average Bonchev–Trinajstić information content (AvgIpc) is 2.25. The van der Waals surface area contributed by atoms with Crippen LogP contribution in [0.3, 0.4) is 0 Å². The number of hydrogen-bond donors (Lipinski definition) is 0. The first-order valence-corrected chi connectivity index (χ1v) is 5.37. The largest absolute Gasteiger partial charge is 0.314 e. The van der Waals surface area contributed by atoms with E-state index in [1.165, 1.54) is 0 Å². The van der Waals surface area contributed by atoms with Crippen molar-refractivity contribution in [2.45, 2.75) is 20.8 Å². The highest BCUT2D eigenvalue weighted by Crippen LogP contribution is 2.23. The summed E-state index contributed by atoms with van der Waals surface area (Å²) in [7, 11) is 0. The second-order valence-electron chi connectivity index (χ2n) is 4.28. The summed E-state index contributed by atoms with van der Waals surface area (Å²) in [5.74, 6) is 0.365. The van der Waals surface area contributed by atoms with Gasteiger partial charge in [0.15, 0.2) is 6.29 Å². The Hall–Kier alpha value is -1.64. The van der Waals surface area contributed by atoms with E-state index in [9.17, 15) is 9.59 Å². The molecule has 86 valence electrons. The van der Waals surface area contributed by atoms with Crippen LogP contribution >= 0.6 is 0 Å². The van der Waals surface area contributed by atoms with Crippen LogP contribution in [-0.2, 0) is 4.79 Å². The van der Waals surface area contributed by atoms with Gasteiger partial charge >= 0.3 is 0 Å². The number of rotatable bonds is 5. The van der Waals surface area contributed by atoms with Crippen LogP contribution < -0.4 is 4.90 Å². The van der Waals surface area contributed by atoms with E-state index >= 15 is 0 Å². The van der Waals surface area contributed by atoms with Crippen molar-refractivity contribution in [1.29, 1.82) is 0 Å². The Morgan fingerprint density at radius 2 is 2.00 bits per heavy atom. The molecule has 0 fully saturated rings. The molecule has 0 unspecified atom stereocenters. The smallest absolute Gasteiger partial charge is 0.214 e.